The molecule has 106 valence electrons. The molecule has 0 aromatic heterocycles. The molecule has 1 aliphatic rings. The number of carbonyl (C=O) groups is 1. The van der Waals surface area contributed by atoms with Gasteiger partial charge in [0.05, 0.1) is 6.61 Å². The zero-order chi connectivity index (χ0) is 13.4. The molecule has 0 aromatic rings. The van der Waals surface area contributed by atoms with Gasteiger partial charge >= 0.3 is 0 Å². The summed E-state index contributed by atoms with van der Waals surface area (Å²) in [6, 6.07) is 0.299. The van der Waals surface area contributed by atoms with Crippen LogP contribution in [0, 0.1) is 5.92 Å². The normalized spacial score (nSPS) is 16.4. The number of aliphatic hydroxyl groups excluding tert-OH is 1. The van der Waals surface area contributed by atoms with Gasteiger partial charge in [-0.3, -0.25) is 4.79 Å². The molecule has 1 fully saturated rings. The molecule has 3 heteroatoms. The number of hydrogen-bond donors (Lipinski definition) is 1. The maximum Gasteiger partial charge on any atom is 0.222 e. The quantitative estimate of drug-likeness (QED) is 0.724. The average Bonchev–Trinajstić information content (AvgIpc) is 2.89. The molecule has 0 spiro atoms. The van der Waals surface area contributed by atoms with Crippen LogP contribution in [0.25, 0.3) is 0 Å². The minimum absolute atomic E-state index is 0.0751. The Balaban J connectivity index is 2.42. The molecule has 0 heterocycles. The molecule has 0 bridgehead atoms. The maximum absolute atomic E-state index is 12.3. The van der Waals surface area contributed by atoms with E-state index in [-0.39, 0.29) is 12.5 Å². The Morgan fingerprint density at radius 2 is 1.89 bits per heavy atom. The van der Waals surface area contributed by atoms with E-state index in [1.807, 2.05) is 4.90 Å². The van der Waals surface area contributed by atoms with E-state index in [1.165, 1.54) is 25.7 Å². The van der Waals surface area contributed by atoms with Crippen LogP contribution in [0.15, 0.2) is 0 Å². The van der Waals surface area contributed by atoms with Crippen molar-refractivity contribution < 1.29 is 9.90 Å². The lowest BCUT2D eigenvalue weighted by Crippen LogP contribution is -2.41. The van der Waals surface area contributed by atoms with Crippen LogP contribution in [0.3, 0.4) is 0 Å². The smallest absolute Gasteiger partial charge is 0.222 e. The predicted octanol–water partition coefficient (Wildman–Crippen LogP) is 2.97. The lowest BCUT2D eigenvalue weighted by molar-refractivity contribution is -0.134. The Kier molecular flexibility index (Phi) is 7.33. The molecule has 0 atom stereocenters. The van der Waals surface area contributed by atoms with Crippen LogP contribution in [0.5, 0.6) is 0 Å². The number of rotatable bonds is 8. The SMILES string of the molecule is CCC(CC)N(CCO)C(=O)CCC1CCCC1. The summed E-state index contributed by atoms with van der Waals surface area (Å²) in [5.41, 5.74) is 0. The van der Waals surface area contributed by atoms with Crippen molar-refractivity contribution in [3.8, 4) is 0 Å². The Labute approximate surface area is 112 Å². The summed E-state index contributed by atoms with van der Waals surface area (Å²) in [7, 11) is 0. The van der Waals surface area contributed by atoms with Crippen LogP contribution in [0.2, 0.25) is 0 Å². The van der Waals surface area contributed by atoms with Gasteiger partial charge in [-0.05, 0) is 25.2 Å². The first-order valence-electron chi connectivity index (χ1n) is 7.63. The third-order valence-corrected chi connectivity index (χ3v) is 4.29. The van der Waals surface area contributed by atoms with E-state index < -0.39 is 0 Å². The summed E-state index contributed by atoms with van der Waals surface area (Å²) >= 11 is 0. The highest BCUT2D eigenvalue weighted by Crippen LogP contribution is 2.28. The van der Waals surface area contributed by atoms with E-state index in [0.29, 0.717) is 19.0 Å². The van der Waals surface area contributed by atoms with Gasteiger partial charge in [-0.25, -0.2) is 0 Å². The van der Waals surface area contributed by atoms with Gasteiger partial charge in [-0.15, -0.1) is 0 Å². The second-order valence-corrected chi connectivity index (χ2v) is 5.47. The van der Waals surface area contributed by atoms with E-state index in [4.69, 9.17) is 5.11 Å². The van der Waals surface area contributed by atoms with Crippen molar-refractivity contribution >= 4 is 5.91 Å². The van der Waals surface area contributed by atoms with Crippen molar-refractivity contribution in [2.24, 2.45) is 5.92 Å². The standard InChI is InChI=1S/C15H29NO2/c1-3-14(4-2)16(11-12-17)15(18)10-9-13-7-5-6-8-13/h13-14,17H,3-12H2,1-2H3. The van der Waals surface area contributed by atoms with Gasteiger partial charge in [0, 0.05) is 19.0 Å². The molecule has 3 nitrogen and oxygen atoms in total. The van der Waals surface area contributed by atoms with Crippen LogP contribution in [-0.2, 0) is 4.79 Å². The van der Waals surface area contributed by atoms with Crippen molar-refractivity contribution in [1.29, 1.82) is 0 Å². The fourth-order valence-corrected chi connectivity index (χ4v) is 3.12. The zero-order valence-corrected chi connectivity index (χ0v) is 12.0. The summed E-state index contributed by atoms with van der Waals surface area (Å²) in [5, 5.41) is 9.11. The first-order chi connectivity index (χ1) is 8.72. The van der Waals surface area contributed by atoms with Gasteiger partial charge in [0.2, 0.25) is 5.91 Å². The summed E-state index contributed by atoms with van der Waals surface area (Å²) in [6.45, 7) is 4.80. The minimum Gasteiger partial charge on any atom is -0.395 e. The van der Waals surface area contributed by atoms with Crippen LogP contribution >= 0.6 is 0 Å². The fraction of sp³-hybridized carbons (Fsp3) is 0.933. The number of amides is 1. The molecule has 0 radical (unpaired) electrons. The van der Waals surface area contributed by atoms with Crippen LogP contribution in [-0.4, -0.2) is 35.1 Å². The molecule has 1 aliphatic carbocycles. The molecule has 0 saturated heterocycles. The van der Waals surface area contributed by atoms with Crippen LogP contribution in [0.4, 0.5) is 0 Å². The fourth-order valence-electron chi connectivity index (χ4n) is 3.12. The maximum atomic E-state index is 12.3. The molecule has 1 N–H and O–H groups in total. The Bertz CT molecular complexity index is 233. The number of hydrogen-bond acceptors (Lipinski definition) is 2. The number of nitrogens with zero attached hydrogens (tertiary/aromatic N) is 1. The topological polar surface area (TPSA) is 40.5 Å². The van der Waals surface area contributed by atoms with Gasteiger partial charge in [-0.2, -0.15) is 0 Å². The van der Waals surface area contributed by atoms with Crippen LogP contribution < -0.4 is 0 Å². The molecule has 0 aliphatic heterocycles. The first kappa shape index (κ1) is 15.5. The van der Waals surface area contributed by atoms with Gasteiger partial charge in [-0.1, -0.05) is 39.5 Å². The predicted molar refractivity (Wildman–Crippen MR) is 74.4 cm³/mol. The highest BCUT2D eigenvalue weighted by molar-refractivity contribution is 5.76. The third-order valence-electron chi connectivity index (χ3n) is 4.29. The lowest BCUT2D eigenvalue weighted by Gasteiger charge is -2.30. The highest BCUT2D eigenvalue weighted by Gasteiger charge is 2.22. The lowest BCUT2D eigenvalue weighted by atomic mass is 10.0. The summed E-state index contributed by atoms with van der Waals surface area (Å²) in [6.07, 6.45) is 8.95. The van der Waals surface area contributed by atoms with E-state index in [0.717, 1.165) is 25.2 Å². The Morgan fingerprint density at radius 3 is 2.39 bits per heavy atom. The van der Waals surface area contributed by atoms with Crippen molar-refractivity contribution in [3.05, 3.63) is 0 Å². The average molecular weight is 255 g/mol. The number of carbonyl (C=O) groups excluding carboxylic acids is 1. The second kappa shape index (κ2) is 8.52. The van der Waals surface area contributed by atoms with E-state index >= 15 is 0 Å². The van der Waals surface area contributed by atoms with E-state index in [9.17, 15) is 4.79 Å². The van der Waals surface area contributed by atoms with Crippen molar-refractivity contribution in [1.82, 2.24) is 4.90 Å². The molecule has 1 saturated carbocycles. The summed E-state index contributed by atoms with van der Waals surface area (Å²) in [4.78, 5) is 14.2. The number of aliphatic hydroxyl groups is 1. The minimum atomic E-state index is 0.0751. The first-order valence-corrected chi connectivity index (χ1v) is 7.63. The summed E-state index contributed by atoms with van der Waals surface area (Å²) < 4.78 is 0. The van der Waals surface area contributed by atoms with E-state index in [2.05, 4.69) is 13.8 Å². The molecule has 0 aromatic carbocycles. The zero-order valence-electron chi connectivity index (χ0n) is 12.0. The molecule has 0 unspecified atom stereocenters. The van der Waals surface area contributed by atoms with Gasteiger partial charge in [0.25, 0.3) is 0 Å². The van der Waals surface area contributed by atoms with Gasteiger partial charge in [0.15, 0.2) is 0 Å². The van der Waals surface area contributed by atoms with Crippen molar-refractivity contribution in [2.45, 2.75) is 71.3 Å². The van der Waals surface area contributed by atoms with E-state index in [1.54, 1.807) is 0 Å². The van der Waals surface area contributed by atoms with Gasteiger partial charge < -0.3 is 10.0 Å². The monoisotopic (exact) mass is 255 g/mol. The van der Waals surface area contributed by atoms with Crippen molar-refractivity contribution in [2.75, 3.05) is 13.2 Å². The largest absolute Gasteiger partial charge is 0.395 e. The third kappa shape index (κ3) is 4.60. The molecule has 1 rings (SSSR count). The molecular weight excluding hydrogens is 226 g/mol. The Morgan fingerprint density at radius 1 is 1.28 bits per heavy atom. The molecular formula is C15H29NO2. The summed E-state index contributed by atoms with van der Waals surface area (Å²) in [5.74, 6) is 1.01. The Hall–Kier alpha value is -0.570. The highest BCUT2D eigenvalue weighted by atomic mass is 16.3. The van der Waals surface area contributed by atoms with Gasteiger partial charge in [0.1, 0.15) is 0 Å². The van der Waals surface area contributed by atoms with Crippen LogP contribution in [0.1, 0.15) is 65.2 Å². The second-order valence-electron chi connectivity index (χ2n) is 5.47. The van der Waals surface area contributed by atoms with Crippen molar-refractivity contribution in [3.63, 3.8) is 0 Å². The molecule has 1 amide bonds. The molecule has 18 heavy (non-hydrogen) atoms.